The molecule has 0 aromatic carbocycles. The zero-order valence-corrected chi connectivity index (χ0v) is 13.0. The second-order valence-corrected chi connectivity index (χ2v) is 6.25. The third-order valence-corrected chi connectivity index (χ3v) is 4.88. The van der Waals surface area contributed by atoms with Crippen molar-refractivity contribution >= 4 is 22.1 Å². The van der Waals surface area contributed by atoms with Gasteiger partial charge in [0.05, 0.1) is 24.1 Å². The summed E-state index contributed by atoms with van der Waals surface area (Å²) >= 11 is 0. The summed E-state index contributed by atoms with van der Waals surface area (Å²) in [6.07, 6.45) is 10.9. The van der Waals surface area contributed by atoms with Crippen LogP contribution < -0.4 is 5.32 Å². The number of hydrogen-bond acceptors (Lipinski definition) is 4. The lowest BCUT2D eigenvalue weighted by Gasteiger charge is -2.30. The van der Waals surface area contributed by atoms with Gasteiger partial charge in [-0.25, -0.2) is 9.97 Å². The van der Waals surface area contributed by atoms with Crippen LogP contribution in [0.2, 0.25) is 0 Å². The molecule has 1 aliphatic carbocycles. The number of aromatic amines is 1. The third kappa shape index (κ3) is 2.57. The predicted molar refractivity (Wildman–Crippen MR) is 88.9 cm³/mol. The molecule has 0 amide bonds. The van der Waals surface area contributed by atoms with Crippen LogP contribution in [-0.4, -0.2) is 32.1 Å². The molecule has 0 atom stereocenters. The fourth-order valence-corrected chi connectivity index (χ4v) is 3.70. The molecule has 0 unspecified atom stereocenters. The van der Waals surface area contributed by atoms with Crippen molar-refractivity contribution < 1.29 is 0 Å². The predicted octanol–water partition coefficient (Wildman–Crippen LogP) is 2.90. The maximum atomic E-state index is 8.62. The van der Waals surface area contributed by atoms with E-state index in [9.17, 15) is 0 Å². The quantitative estimate of drug-likeness (QED) is 0.726. The number of hydrogen-bond donors (Lipinski definition) is 2. The SMILES string of the molecule is N#CCCNC1CCC(n2cnc3cnc4[nH]ccc4c32)CC1. The first-order chi connectivity index (χ1) is 11.4. The minimum Gasteiger partial charge on any atom is -0.346 e. The molecule has 2 N–H and O–H groups in total. The summed E-state index contributed by atoms with van der Waals surface area (Å²) in [5.74, 6) is 0. The van der Waals surface area contributed by atoms with Crippen LogP contribution in [-0.2, 0) is 0 Å². The molecular weight excluding hydrogens is 288 g/mol. The average molecular weight is 308 g/mol. The molecule has 3 heterocycles. The Labute approximate surface area is 134 Å². The summed E-state index contributed by atoms with van der Waals surface area (Å²) in [5.41, 5.74) is 3.08. The number of imidazole rings is 1. The second-order valence-electron chi connectivity index (χ2n) is 6.25. The number of aromatic nitrogens is 4. The Bertz CT molecular complexity index is 847. The summed E-state index contributed by atoms with van der Waals surface area (Å²) in [6, 6.07) is 5.31. The van der Waals surface area contributed by atoms with Crippen LogP contribution in [0.3, 0.4) is 0 Å². The molecule has 1 saturated carbocycles. The van der Waals surface area contributed by atoms with E-state index in [0.29, 0.717) is 18.5 Å². The molecule has 1 aliphatic rings. The van der Waals surface area contributed by atoms with Gasteiger partial charge in [-0.15, -0.1) is 0 Å². The normalized spacial score (nSPS) is 21.7. The maximum Gasteiger partial charge on any atom is 0.139 e. The van der Waals surface area contributed by atoms with Gasteiger partial charge in [-0.1, -0.05) is 0 Å². The largest absolute Gasteiger partial charge is 0.346 e. The lowest BCUT2D eigenvalue weighted by Crippen LogP contribution is -2.34. The van der Waals surface area contributed by atoms with E-state index in [1.54, 1.807) is 0 Å². The first-order valence-electron chi connectivity index (χ1n) is 8.26. The molecule has 6 nitrogen and oxygen atoms in total. The summed E-state index contributed by atoms with van der Waals surface area (Å²) in [5, 5.41) is 13.3. The Kier molecular flexibility index (Phi) is 3.72. The molecule has 0 spiro atoms. The minimum atomic E-state index is 0.495. The number of nitrogens with zero attached hydrogens (tertiary/aromatic N) is 4. The highest BCUT2D eigenvalue weighted by Gasteiger charge is 2.23. The third-order valence-electron chi connectivity index (χ3n) is 4.88. The highest BCUT2D eigenvalue weighted by atomic mass is 15.1. The van der Waals surface area contributed by atoms with E-state index in [1.165, 1.54) is 5.52 Å². The van der Waals surface area contributed by atoms with Gasteiger partial charge in [-0.3, -0.25) is 0 Å². The van der Waals surface area contributed by atoms with Crippen molar-refractivity contribution in [2.75, 3.05) is 6.54 Å². The smallest absolute Gasteiger partial charge is 0.139 e. The van der Waals surface area contributed by atoms with Gasteiger partial charge in [0, 0.05) is 36.6 Å². The van der Waals surface area contributed by atoms with E-state index in [4.69, 9.17) is 5.26 Å². The van der Waals surface area contributed by atoms with E-state index in [2.05, 4.69) is 37.0 Å². The van der Waals surface area contributed by atoms with Crippen molar-refractivity contribution in [3.8, 4) is 6.07 Å². The van der Waals surface area contributed by atoms with E-state index < -0.39 is 0 Å². The maximum absolute atomic E-state index is 8.62. The molecule has 3 aromatic rings. The monoisotopic (exact) mass is 308 g/mol. The lowest BCUT2D eigenvalue weighted by molar-refractivity contribution is 0.296. The number of fused-ring (bicyclic) bond motifs is 3. The van der Waals surface area contributed by atoms with Gasteiger partial charge in [-0.05, 0) is 31.7 Å². The molecule has 0 saturated heterocycles. The van der Waals surface area contributed by atoms with E-state index in [0.717, 1.165) is 48.8 Å². The zero-order valence-electron chi connectivity index (χ0n) is 13.0. The fraction of sp³-hybridized carbons (Fsp3) is 0.471. The van der Waals surface area contributed by atoms with Crippen LogP contribution in [0.5, 0.6) is 0 Å². The molecule has 3 aromatic heterocycles. The van der Waals surface area contributed by atoms with Crippen LogP contribution in [0, 0.1) is 11.3 Å². The number of pyridine rings is 1. The molecular formula is C17H20N6. The van der Waals surface area contributed by atoms with E-state index in [-0.39, 0.29) is 0 Å². The molecule has 1 fully saturated rings. The van der Waals surface area contributed by atoms with Crippen LogP contribution in [0.15, 0.2) is 24.8 Å². The fourth-order valence-electron chi connectivity index (χ4n) is 3.70. The molecule has 118 valence electrons. The molecule has 23 heavy (non-hydrogen) atoms. The Hall–Kier alpha value is -2.39. The molecule has 6 heteroatoms. The van der Waals surface area contributed by atoms with Gasteiger partial charge in [0.15, 0.2) is 0 Å². The van der Waals surface area contributed by atoms with Gasteiger partial charge in [0.25, 0.3) is 0 Å². The van der Waals surface area contributed by atoms with Crippen LogP contribution >= 0.6 is 0 Å². The van der Waals surface area contributed by atoms with Gasteiger partial charge in [-0.2, -0.15) is 5.26 Å². The molecule has 0 aliphatic heterocycles. The molecule has 0 radical (unpaired) electrons. The first kappa shape index (κ1) is 14.2. The minimum absolute atomic E-state index is 0.495. The van der Waals surface area contributed by atoms with Gasteiger partial charge in [0.2, 0.25) is 0 Å². The highest BCUT2D eigenvalue weighted by molar-refractivity contribution is 6.00. The van der Waals surface area contributed by atoms with Crippen molar-refractivity contribution in [3.63, 3.8) is 0 Å². The van der Waals surface area contributed by atoms with E-state index in [1.807, 2.05) is 18.7 Å². The summed E-state index contributed by atoms with van der Waals surface area (Å²) in [4.78, 5) is 12.1. The average Bonchev–Trinajstić information content (AvgIpc) is 3.21. The van der Waals surface area contributed by atoms with Gasteiger partial charge >= 0.3 is 0 Å². The number of H-pyrrole nitrogens is 1. The summed E-state index contributed by atoms with van der Waals surface area (Å²) in [7, 11) is 0. The Morgan fingerprint density at radius 1 is 1.30 bits per heavy atom. The van der Waals surface area contributed by atoms with Gasteiger partial charge < -0.3 is 14.9 Å². The van der Waals surface area contributed by atoms with Crippen LogP contribution in [0.1, 0.15) is 38.1 Å². The number of nitriles is 1. The zero-order chi connectivity index (χ0) is 15.6. The van der Waals surface area contributed by atoms with Gasteiger partial charge in [0.1, 0.15) is 11.2 Å². The summed E-state index contributed by atoms with van der Waals surface area (Å²) < 4.78 is 2.33. The Balaban J connectivity index is 1.54. The number of nitrogens with one attached hydrogen (secondary N) is 2. The first-order valence-corrected chi connectivity index (χ1v) is 8.26. The van der Waals surface area contributed by atoms with Crippen molar-refractivity contribution in [3.05, 3.63) is 24.8 Å². The topological polar surface area (TPSA) is 82.3 Å². The molecule has 0 bridgehead atoms. The highest BCUT2D eigenvalue weighted by Crippen LogP contribution is 2.33. The van der Waals surface area contributed by atoms with Crippen molar-refractivity contribution in [1.29, 1.82) is 5.26 Å². The van der Waals surface area contributed by atoms with Crippen molar-refractivity contribution in [2.24, 2.45) is 0 Å². The Morgan fingerprint density at radius 2 is 2.17 bits per heavy atom. The lowest BCUT2D eigenvalue weighted by atomic mass is 9.91. The summed E-state index contributed by atoms with van der Waals surface area (Å²) in [6.45, 7) is 0.801. The standard InChI is InChI=1S/C17H20N6/c18-7-1-8-19-12-2-4-13(5-3-12)23-11-22-15-10-21-17-14(16(15)23)6-9-20-17/h6,9-13,19H,1-5,8H2,(H,20,21). The van der Waals surface area contributed by atoms with E-state index >= 15 is 0 Å². The van der Waals surface area contributed by atoms with Crippen molar-refractivity contribution in [2.45, 2.75) is 44.2 Å². The second kappa shape index (κ2) is 6.01. The number of rotatable bonds is 4. The van der Waals surface area contributed by atoms with Crippen LogP contribution in [0.25, 0.3) is 22.1 Å². The van der Waals surface area contributed by atoms with Crippen LogP contribution in [0.4, 0.5) is 0 Å². The van der Waals surface area contributed by atoms with Crippen molar-refractivity contribution in [1.82, 2.24) is 24.8 Å². The Morgan fingerprint density at radius 3 is 3.00 bits per heavy atom. The molecule has 4 rings (SSSR count).